The Morgan fingerprint density at radius 3 is 2.61 bits per heavy atom. The lowest BCUT2D eigenvalue weighted by molar-refractivity contribution is -0.139. The van der Waals surface area contributed by atoms with Crippen LogP contribution >= 0.6 is 43.2 Å². The highest BCUT2D eigenvalue weighted by Crippen LogP contribution is 2.32. The van der Waals surface area contributed by atoms with Gasteiger partial charge in [-0.1, -0.05) is 19.8 Å². The summed E-state index contributed by atoms with van der Waals surface area (Å²) in [6.07, 6.45) is 2.12. The Labute approximate surface area is 126 Å². The van der Waals surface area contributed by atoms with E-state index in [2.05, 4.69) is 37.2 Å². The van der Waals surface area contributed by atoms with Gasteiger partial charge in [-0.3, -0.25) is 4.79 Å². The number of aliphatic carboxylic acids is 1. The van der Waals surface area contributed by atoms with Crippen molar-refractivity contribution in [2.75, 3.05) is 0 Å². The highest BCUT2D eigenvalue weighted by molar-refractivity contribution is 9.13. The van der Waals surface area contributed by atoms with Gasteiger partial charge in [0.25, 0.3) is 5.91 Å². The summed E-state index contributed by atoms with van der Waals surface area (Å²) in [4.78, 5) is 23.4. The smallest absolute Gasteiger partial charge is 0.326 e. The first-order chi connectivity index (χ1) is 8.45. The minimum absolute atomic E-state index is 0.352. The SMILES string of the molecule is CCCCC(NC(=O)c1cc(Br)c(Br)s1)C(=O)O. The van der Waals surface area contributed by atoms with Crippen LogP contribution in [0.3, 0.4) is 0 Å². The molecule has 0 saturated carbocycles. The van der Waals surface area contributed by atoms with Crippen molar-refractivity contribution in [2.45, 2.75) is 32.2 Å². The Kier molecular flexibility index (Phi) is 6.31. The number of hydrogen-bond acceptors (Lipinski definition) is 3. The van der Waals surface area contributed by atoms with Gasteiger partial charge in [-0.05, 0) is 44.3 Å². The van der Waals surface area contributed by atoms with Gasteiger partial charge >= 0.3 is 5.97 Å². The van der Waals surface area contributed by atoms with Gasteiger partial charge in [-0.2, -0.15) is 0 Å². The van der Waals surface area contributed by atoms with E-state index in [-0.39, 0.29) is 5.91 Å². The van der Waals surface area contributed by atoms with Gasteiger partial charge in [0, 0.05) is 4.47 Å². The molecule has 0 aromatic carbocycles. The molecule has 0 aliphatic carbocycles. The van der Waals surface area contributed by atoms with E-state index in [4.69, 9.17) is 5.11 Å². The summed E-state index contributed by atoms with van der Waals surface area (Å²) in [6, 6.07) is 0.847. The van der Waals surface area contributed by atoms with Crippen LogP contribution in [0.1, 0.15) is 35.9 Å². The number of carbonyl (C=O) groups excluding carboxylic acids is 1. The molecule has 1 atom stereocenters. The molecular weight excluding hydrogens is 386 g/mol. The van der Waals surface area contributed by atoms with Gasteiger partial charge in [0.2, 0.25) is 0 Å². The predicted octanol–water partition coefficient (Wildman–Crippen LogP) is 3.65. The molecule has 1 aromatic rings. The molecule has 1 amide bonds. The van der Waals surface area contributed by atoms with Crippen molar-refractivity contribution in [3.8, 4) is 0 Å². The van der Waals surface area contributed by atoms with Crippen LogP contribution in [0.2, 0.25) is 0 Å². The second-order valence-corrected chi connectivity index (χ2v) is 6.96. The third kappa shape index (κ3) is 4.37. The van der Waals surface area contributed by atoms with Crippen LogP contribution in [-0.4, -0.2) is 23.0 Å². The largest absolute Gasteiger partial charge is 0.480 e. The maximum Gasteiger partial charge on any atom is 0.326 e. The average molecular weight is 399 g/mol. The van der Waals surface area contributed by atoms with E-state index in [1.54, 1.807) is 6.07 Å². The molecule has 2 N–H and O–H groups in total. The molecule has 7 heteroatoms. The first-order valence-corrected chi connectivity index (χ1v) is 7.84. The number of unbranched alkanes of at least 4 members (excludes halogenated alkanes) is 1. The first kappa shape index (κ1) is 15.7. The fourth-order valence-electron chi connectivity index (χ4n) is 1.35. The summed E-state index contributed by atoms with van der Waals surface area (Å²) >= 11 is 7.85. The van der Waals surface area contributed by atoms with Gasteiger partial charge in [0.15, 0.2) is 0 Å². The molecule has 0 fully saturated rings. The van der Waals surface area contributed by atoms with Gasteiger partial charge < -0.3 is 10.4 Å². The van der Waals surface area contributed by atoms with Crippen LogP contribution in [0.5, 0.6) is 0 Å². The minimum atomic E-state index is -0.994. The predicted molar refractivity (Wildman–Crippen MR) is 78.1 cm³/mol. The number of amides is 1. The summed E-state index contributed by atoms with van der Waals surface area (Å²) < 4.78 is 1.60. The second kappa shape index (κ2) is 7.25. The summed E-state index contributed by atoms with van der Waals surface area (Å²) in [6.45, 7) is 1.98. The quantitative estimate of drug-likeness (QED) is 0.768. The molecule has 100 valence electrons. The summed E-state index contributed by atoms with van der Waals surface area (Å²) in [5.41, 5.74) is 0. The highest BCUT2D eigenvalue weighted by atomic mass is 79.9. The minimum Gasteiger partial charge on any atom is -0.480 e. The average Bonchev–Trinajstić information content (AvgIpc) is 2.64. The second-order valence-electron chi connectivity index (χ2n) is 3.74. The zero-order chi connectivity index (χ0) is 13.7. The number of carbonyl (C=O) groups is 2. The van der Waals surface area contributed by atoms with Gasteiger partial charge in [0.1, 0.15) is 6.04 Å². The molecule has 1 rings (SSSR count). The third-order valence-corrected chi connectivity index (χ3v) is 5.57. The fraction of sp³-hybridized carbons (Fsp3) is 0.455. The van der Waals surface area contributed by atoms with E-state index in [1.165, 1.54) is 11.3 Å². The topological polar surface area (TPSA) is 66.4 Å². The van der Waals surface area contributed by atoms with Crippen molar-refractivity contribution in [3.05, 3.63) is 19.2 Å². The number of halogens is 2. The van der Waals surface area contributed by atoms with Crippen LogP contribution < -0.4 is 5.32 Å². The van der Waals surface area contributed by atoms with Crippen LogP contribution in [0.15, 0.2) is 14.3 Å². The van der Waals surface area contributed by atoms with Crippen LogP contribution in [0.4, 0.5) is 0 Å². The fourth-order valence-corrected chi connectivity index (χ4v) is 3.29. The van der Waals surface area contributed by atoms with E-state index in [0.29, 0.717) is 11.3 Å². The molecule has 18 heavy (non-hydrogen) atoms. The van der Waals surface area contributed by atoms with Crippen LogP contribution in [-0.2, 0) is 4.79 Å². The zero-order valence-electron chi connectivity index (χ0n) is 9.70. The summed E-state index contributed by atoms with van der Waals surface area (Å²) in [7, 11) is 0. The van der Waals surface area contributed by atoms with E-state index in [9.17, 15) is 9.59 Å². The summed E-state index contributed by atoms with van der Waals surface area (Å²) in [5.74, 6) is -1.35. The molecule has 0 saturated heterocycles. The molecule has 0 spiro atoms. The third-order valence-electron chi connectivity index (χ3n) is 2.32. The van der Waals surface area contributed by atoms with Crippen LogP contribution in [0.25, 0.3) is 0 Å². The van der Waals surface area contributed by atoms with Gasteiger partial charge in [-0.25, -0.2) is 4.79 Å². The van der Waals surface area contributed by atoms with Crippen molar-refractivity contribution < 1.29 is 14.7 Å². The first-order valence-electron chi connectivity index (χ1n) is 5.44. The lowest BCUT2D eigenvalue weighted by Gasteiger charge is -2.13. The Hall–Kier alpha value is -0.400. The number of carboxylic acids is 1. The number of nitrogens with one attached hydrogen (secondary N) is 1. The molecule has 1 unspecified atom stereocenters. The maximum atomic E-state index is 11.9. The molecule has 1 heterocycles. The molecular formula is C11H13Br2NO3S. The zero-order valence-corrected chi connectivity index (χ0v) is 13.7. The number of hydrogen-bond donors (Lipinski definition) is 2. The van der Waals surface area contributed by atoms with Crippen molar-refractivity contribution in [1.29, 1.82) is 0 Å². The lowest BCUT2D eigenvalue weighted by atomic mass is 10.1. The molecule has 0 radical (unpaired) electrons. The van der Waals surface area contributed by atoms with E-state index in [1.807, 2.05) is 6.92 Å². The van der Waals surface area contributed by atoms with Crippen molar-refractivity contribution >= 4 is 55.1 Å². The molecule has 0 aliphatic heterocycles. The van der Waals surface area contributed by atoms with E-state index < -0.39 is 12.0 Å². The van der Waals surface area contributed by atoms with E-state index >= 15 is 0 Å². The Balaban J connectivity index is 2.69. The standard InChI is InChI=1S/C11H13Br2NO3S/c1-2-3-4-7(11(16)17)14-10(15)8-5-6(12)9(13)18-8/h5,7H,2-4H2,1H3,(H,14,15)(H,16,17). The Morgan fingerprint density at radius 2 is 2.17 bits per heavy atom. The molecule has 1 aromatic heterocycles. The maximum absolute atomic E-state index is 11.9. The Bertz CT molecular complexity index is 428. The number of thiophene rings is 1. The van der Waals surface area contributed by atoms with Crippen molar-refractivity contribution in [2.24, 2.45) is 0 Å². The van der Waals surface area contributed by atoms with Crippen molar-refractivity contribution in [1.82, 2.24) is 5.32 Å². The van der Waals surface area contributed by atoms with Crippen LogP contribution in [0, 0.1) is 0 Å². The number of rotatable bonds is 6. The number of carboxylic acid groups (broad SMARTS) is 1. The Morgan fingerprint density at radius 1 is 1.50 bits per heavy atom. The van der Waals surface area contributed by atoms with Gasteiger partial charge in [-0.15, -0.1) is 11.3 Å². The lowest BCUT2D eigenvalue weighted by Crippen LogP contribution is -2.40. The summed E-state index contributed by atoms with van der Waals surface area (Å²) in [5, 5.41) is 11.6. The molecule has 0 bridgehead atoms. The van der Waals surface area contributed by atoms with Gasteiger partial charge in [0.05, 0.1) is 8.66 Å². The monoisotopic (exact) mass is 397 g/mol. The van der Waals surface area contributed by atoms with Crippen molar-refractivity contribution in [3.63, 3.8) is 0 Å². The normalized spacial score (nSPS) is 12.2. The highest BCUT2D eigenvalue weighted by Gasteiger charge is 2.21. The molecule has 4 nitrogen and oxygen atoms in total. The molecule has 0 aliphatic rings. The van der Waals surface area contributed by atoms with E-state index in [0.717, 1.165) is 21.1 Å².